The number of amides is 1. The van der Waals surface area contributed by atoms with Crippen molar-refractivity contribution in [2.24, 2.45) is 0 Å². The van der Waals surface area contributed by atoms with Gasteiger partial charge in [0.15, 0.2) is 0 Å². The Kier molecular flexibility index (Phi) is 3.32. The first-order valence-electron chi connectivity index (χ1n) is 9.41. The van der Waals surface area contributed by atoms with E-state index in [2.05, 4.69) is 34.3 Å². The average Bonchev–Trinajstić information content (AvgIpc) is 3.31. The van der Waals surface area contributed by atoms with Crippen molar-refractivity contribution < 1.29 is 4.79 Å². The second-order valence-corrected chi connectivity index (χ2v) is 8.09. The molecule has 1 aliphatic heterocycles. The Labute approximate surface area is 158 Å². The molecule has 1 fully saturated rings. The second kappa shape index (κ2) is 5.52. The van der Waals surface area contributed by atoms with Crippen LogP contribution in [0, 0.1) is 6.92 Å². The molecule has 3 heterocycles. The Morgan fingerprint density at radius 1 is 1.11 bits per heavy atom. The number of aromatic nitrogens is 3. The van der Waals surface area contributed by atoms with Crippen LogP contribution in [0.15, 0.2) is 48.9 Å². The van der Waals surface area contributed by atoms with Crippen LogP contribution < -0.4 is 4.90 Å². The van der Waals surface area contributed by atoms with Gasteiger partial charge in [0.05, 0.1) is 23.0 Å². The van der Waals surface area contributed by atoms with Crippen molar-refractivity contribution >= 4 is 11.6 Å². The smallest absolute Gasteiger partial charge is 0.237 e. The SMILES string of the molecule is Cc1cc(-c2cnn(-c3ccc4c(c3)N(C3CC3)C(=O)C4(C)C)c2)ccn1. The first-order valence-corrected chi connectivity index (χ1v) is 9.41. The molecule has 5 heteroatoms. The number of hydrogen-bond acceptors (Lipinski definition) is 3. The molecule has 0 saturated heterocycles. The highest BCUT2D eigenvalue weighted by Gasteiger charge is 2.49. The molecule has 5 rings (SSSR count). The molecule has 27 heavy (non-hydrogen) atoms. The van der Waals surface area contributed by atoms with Gasteiger partial charge in [-0.15, -0.1) is 0 Å². The van der Waals surface area contributed by atoms with Crippen LogP contribution in [-0.4, -0.2) is 26.7 Å². The molecule has 5 nitrogen and oxygen atoms in total. The monoisotopic (exact) mass is 358 g/mol. The van der Waals surface area contributed by atoms with Gasteiger partial charge in [-0.2, -0.15) is 5.10 Å². The van der Waals surface area contributed by atoms with Crippen LogP contribution in [-0.2, 0) is 10.2 Å². The third-order valence-electron chi connectivity index (χ3n) is 5.66. The molecule has 2 aromatic heterocycles. The van der Waals surface area contributed by atoms with Gasteiger partial charge in [-0.25, -0.2) is 4.68 Å². The van der Waals surface area contributed by atoms with E-state index in [1.54, 1.807) is 0 Å². The van der Waals surface area contributed by atoms with Crippen LogP contribution in [0.3, 0.4) is 0 Å². The summed E-state index contributed by atoms with van der Waals surface area (Å²) in [6.07, 6.45) is 7.91. The summed E-state index contributed by atoms with van der Waals surface area (Å²) in [5, 5.41) is 4.55. The largest absolute Gasteiger partial charge is 0.308 e. The third kappa shape index (κ3) is 2.49. The van der Waals surface area contributed by atoms with Crippen LogP contribution in [0.4, 0.5) is 5.69 Å². The highest BCUT2D eigenvalue weighted by molar-refractivity contribution is 6.08. The van der Waals surface area contributed by atoms with Crippen LogP contribution in [0.1, 0.15) is 37.9 Å². The summed E-state index contributed by atoms with van der Waals surface area (Å²) in [6, 6.07) is 10.7. The molecular formula is C22H22N4O. The van der Waals surface area contributed by atoms with Gasteiger partial charge in [0, 0.05) is 29.7 Å². The number of rotatable bonds is 3. The molecule has 3 aromatic rings. The second-order valence-electron chi connectivity index (χ2n) is 8.09. The predicted molar refractivity (Wildman–Crippen MR) is 105 cm³/mol. The molecule has 0 N–H and O–H groups in total. The van der Waals surface area contributed by atoms with Crippen LogP contribution >= 0.6 is 0 Å². The van der Waals surface area contributed by atoms with Gasteiger partial charge in [-0.05, 0) is 69.0 Å². The van der Waals surface area contributed by atoms with Crippen molar-refractivity contribution in [2.75, 3.05) is 4.90 Å². The Bertz CT molecular complexity index is 1060. The topological polar surface area (TPSA) is 51.0 Å². The number of benzene rings is 1. The highest BCUT2D eigenvalue weighted by atomic mass is 16.2. The van der Waals surface area contributed by atoms with Gasteiger partial charge in [-0.1, -0.05) is 6.07 Å². The van der Waals surface area contributed by atoms with E-state index in [0.717, 1.165) is 46.6 Å². The van der Waals surface area contributed by atoms with Crippen molar-refractivity contribution in [3.63, 3.8) is 0 Å². The predicted octanol–water partition coefficient (Wildman–Crippen LogP) is 4.03. The van der Waals surface area contributed by atoms with Crippen molar-refractivity contribution in [3.05, 3.63) is 60.2 Å². The normalized spacial score (nSPS) is 18.0. The lowest BCUT2D eigenvalue weighted by atomic mass is 9.86. The van der Waals surface area contributed by atoms with E-state index in [1.165, 1.54) is 0 Å². The number of pyridine rings is 1. The third-order valence-corrected chi connectivity index (χ3v) is 5.66. The number of anilines is 1. The molecule has 0 radical (unpaired) electrons. The summed E-state index contributed by atoms with van der Waals surface area (Å²) in [4.78, 5) is 19.2. The quantitative estimate of drug-likeness (QED) is 0.710. The summed E-state index contributed by atoms with van der Waals surface area (Å²) in [5.41, 5.74) is 5.81. The van der Waals surface area contributed by atoms with Gasteiger partial charge in [0.1, 0.15) is 0 Å². The van der Waals surface area contributed by atoms with E-state index in [-0.39, 0.29) is 5.91 Å². The molecule has 136 valence electrons. The van der Waals surface area contributed by atoms with E-state index >= 15 is 0 Å². The summed E-state index contributed by atoms with van der Waals surface area (Å²) < 4.78 is 1.88. The number of hydrogen-bond donors (Lipinski definition) is 0. The molecule has 1 saturated carbocycles. The number of fused-ring (bicyclic) bond motifs is 1. The fraction of sp³-hybridized carbons (Fsp3) is 0.318. The molecule has 0 bridgehead atoms. The Hall–Kier alpha value is -2.95. The number of carbonyl (C=O) groups is 1. The average molecular weight is 358 g/mol. The minimum absolute atomic E-state index is 0.213. The van der Waals surface area contributed by atoms with Gasteiger partial charge in [0.2, 0.25) is 5.91 Å². The summed E-state index contributed by atoms with van der Waals surface area (Å²) in [7, 11) is 0. The van der Waals surface area contributed by atoms with Gasteiger partial charge in [-0.3, -0.25) is 9.78 Å². The van der Waals surface area contributed by atoms with Crippen molar-refractivity contribution in [1.29, 1.82) is 0 Å². The minimum atomic E-state index is -0.458. The highest BCUT2D eigenvalue weighted by Crippen LogP contribution is 2.47. The van der Waals surface area contributed by atoms with Crippen molar-refractivity contribution in [1.82, 2.24) is 14.8 Å². The summed E-state index contributed by atoms with van der Waals surface area (Å²) in [6.45, 7) is 6.03. The molecule has 0 atom stereocenters. The minimum Gasteiger partial charge on any atom is -0.308 e. The lowest BCUT2D eigenvalue weighted by molar-refractivity contribution is -0.122. The van der Waals surface area contributed by atoms with Crippen LogP contribution in [0.2, 0.25) is 0 Å². The maximum atomic E-state index is 12.9. The van der Waals surface area contributed by atoms with E-state index in [9.17, 15) is 4.79 Å². The summed E-state index contributed by atoms with van der Waals surface area (Å²) in [5.74, 6) is 0.213. The number of carbonyl (C=O) groups excluding carboxylic acids is 1. The first kappa shape index (κ1) is 16.2. The van der Waals surface area contributed by atoms with Crippen LogP contribution in [0.25, 0.3) is 16.8 Å². The van der Waals surface area contributed by atoms with Crippen LogP contribution in [0.5, 0.6) is 0 Å². The molecule has 1 aliphatic carbocycles. The van der Waals surface area contributed by atoms with Gasteiger partial charge in [0.25, 0.3) is 0 Å². The lowest BCUT2D eigenvalue weighted by Crippen LogP contribution is -2.37. The Balaban J connectivity index is 1.56. The molecule has 1 aromatic carbocycles. The van der Waals surface area contributed by atoms with E-state index in [0.29, 0.717) is 6.04 Å². The molecule has 0 unspecified atom stereocenters. The maximum absolute atomic E-state index is 12.9. The molecule has 2 aliphatic rings. The molecule has 0 spiro atoms. The van der Waals surface area contributed by atoms with E-state index < -0.39 is 5.41 Å². The van der Waals surface area contributed by atoms with E-state index in [4.69, 9.17) is 0 Å². The van der Waals surface area contributed by atoms with Crippen molar-refractivity contribution in [3.8, 4) is 16.8 Å². The Morgan fingerprint density at radius 3 is 2.67 bits per heavy atom. The molecule has 1 amide bonds. The standard InChI is InChI=1S/C22H22N4O/c1-14-10-15(8-9-23-14)16-12-24-25(13-16)18-6-7-19-20(11-18)26(17-4-5-17)21(27)22(19,2)3/h6-13,17H,4-5H2,1-3H3. The van der Waals surface area contributed by atoms with Crippen molar-refractivity contribution in [2.45, 2.75) is 45.1 Å². The zero-order valence-corrected chi connectivity index (χ0v) is 15.8. The number of aryl methyl sites for hydroxylation is 1. The fourth-order valence-corrected chi connectivity index (χ4v) is 3.95. The van der Waals surface area contributed by atoms with Gasteiger partial charge < -0.3 is 4.90 Å². The number of nitrogens with zero attached hydrogens (tertiary/aromatic N) is 4. The first-order chi connectivity index (χ1) is 12.9. The van der Waals surface area contributed by atoms with Gasteiger partial charge >= 0.3 is 0 Å². The zero-order chi connectivity index (χ0) is 18.8. The zero-order valence-electron chi connectivity index (χ0n) is 15.8. The summed E-state index contributed by atoms with van der Waals surface area (Å²) >= 11 is 0. The lowest BCUT2D eigenvalue weighted by Gasteiger charge is -2.19. The van der Waals surface area contributed by atoms with E-state index in [1.807, 2.05) is 55.0 Å². The molecular weight excluding hydrogens is 336 g/mol. The Morgan fingerprint density at radius 2 is 1.93 bits per heavy atom. The fourth-order valence-electron chi connectivity index (χ4n) is 3.95. The maximum Gasteiger partial charge on any atom is 0.237 e.